The lowest BCUT2D eigenvalue weighted by molar-refractivity contribution is 0.528. The van der Waals surface area contributed by atoms with Crippen LogP contribution in [0.1, 0.15) is 19.9 Å². The van der Waals surface area contributed by atoms with Crippen molar-refractivity contribution in [2.24, 2.45) is 0 Å². The minimum atomic E-state index is -4.14. The van der Waals surface area contributed by atoms with Gasteiger partial charge >= 0.3 is 0 Å². The van der Waals surface area contributed by atoms with Crippen LogP contribution in [0.3, 0.4) is 0 Å². The molecule has 0 saturated carbocycles. The first-order valence-corrected chi connectivity index (χ1v) is 7.87. The molecule has 0 spiro atoms. The zero-order chi connectivity index (χ0) is 15.1. The lowest BCUT2D eigenvalue weighted by Crippen LogP contribution is -2.10. The van der Waals surface area contributed by atoms with Crippen LogP contribution in [0.5, 0.6) is 0 Å². The van der Waals surface area contributed by atoms with Crippen molar-refractivity contribution < 1.29 is 17.2 Å². The second kappa shape index (κ2) is 5.10. The van der Waals surface area contributed by atoms with E-state index in [2.05, 4.69) is 10.2 Å². The van der Waals surface area contributed by atoms with Gasteiger partial charge in [-0.1, -0.05) is 0 Å². The molecule has 0 bridgehead atoms. The van der Waals surface area contributed by atoms with Crippen LogP contribution in [0.25, 0.3) is 11.4 Å². The SMILES string of the molecule is CC(C)n1c(-c2cc(F)ccc2F)nnc1S(=O)(=O)Cl. The second-order valence-corrected chi connectivity index (χ2v) is 6.79. The number of hydrogen-bond donors (Lipinski definition) is 0. The molecule has 2 rings (SSSR count). The molecule has 1 aromatic heterocycles. The van der Waals surface area contributed by atoms with Crippen molar-refractivity contribution in [1.29, 1.82) is 0 Å². The van der Waals surface area contributed by atoms with Crippen LogP contribution in [0, 0.1) is 11.6 Å². The van der Waals surface area contributed by atoms with Crippen molar-refractivity contribution in [3.63, 3.8) is 0 Å². The molecule has 108 valence electrons. The first-order chi connectivity index (χ1) is 9.21. The Labute approximate surface area is 118 Å². The van der Waals surface area contributed by atoms with Gasteiger partial charge in [-0.2, -0.15) is 0 Å². The zero-order valence-corrected chi connectivity index (χ0v) is 12.1. The minimum absolute atomic E-state index is 0.101. The fraction of sp³-hybridized carbons (Fsp3) is 0.273. The summed E-state index contributed by atoms with van der Waals surface area (Å²) in [6.07, 6.45) is 0. The average molecular weight is 322 g/mol. The third kappa shape index (κ3) is 2.66. The fourth-order valence-electron chi connectivity index (χ4n) is 1.76. The van der Waals surface area contributed by atoms with Crippen LogP contribution in [0.2, 0.25) is 0 Å². The molecule has 0 aliphatic carbocycles. The molecule has 0 saturated heterocycles. The fourth-order valence-corrected chi connectivity index (χ4v) is 2.75. The predicted octanol–water partition coefficient (Wildman–Crippen LogP) is 2.73. The molecule has 0 aliphatic heterocycles. The van der Waals surface area contributed by atoms with Gasteiger partial charge in [-0.3, -0.25) is 4.57 Å². The van der Waals surface area contributed by atoms with Gasteiger partial charge in [0.05, 0.1) is 5.56 Å². The molecule has 0 amide bonds. The summed E-state index contributed by atoms with van der Waals surface area (Å²) >= 11 is 0. The van der Waals surface area contributed by atoms with E-state index in [0.717, 1.165) is 22.8 Å². The summed E-state index contributed by atoms with van der Waals surface area (Å²) in [5.41, 5.74) is -0.183. The van der Waals surface area contributed by atoms with Gasteiger partial charge in [-0.05, 0) is 32.0 Å². The molecule has 2 aromatic rings. The maximum Gasteiger partial charge on any atom is 0.296 e. The quantitative estimate of drug-likeness (QED) is 0.815. The van der Waals surface area contributed by atoms with Crippen molar-refractivity contribution in [3.8, 4) is 11.4 Å². The Morgan fingerprint density at radius 2 is 1.90 bits per heavy atom. The first kappa shape index (κ1) is 14.9. The Kier molecular flexibility index (Phi) is 3.79. The number of halogens is 3. The molecule has 1 aromatic carbocycles. The van der Waals surface area contributed by atoms with E-state index < -0.39 is 31.9 Å². The highest BCUT2D eigenvalue weighted by atomic mass is 35.7. The van der Waals surface area contributed by atoms with E-state index in [0.29, 0.717) is 0 Å². The van der Waals surface area contributed by atoms with Crippen LogP contribution in [0.4, 0.5) is 8.78 Å². The van der Waals surface area contributed by atoms with Crippen molar-refractivity contribution in [1.82, 2.24) is 14.8 Å². The molecule has 20 heavy (non-hydrogen) atoms. The molecular weight excluding hydrogens is 312 g/mol. The van der Waals surface area contributed by atoms with Crippen molar-refractivity contribution in [3.05, 3.63) is 29.8 Å². The molecule has 1 heterocycles. The highest BCUT2D eigenvalue weighted by molar-refractivity contribution is 8.13. The molecular formula is C11H10ClF2N3O2S. The summed E-state index contributed by atoms with van der Waals surface area (Å²) in [7, 11) is 1.12. The molecule has 0 unspecified atom stereocenters. The van der Waals surface area contributed by atoms with Gasteiger partial charge in [0.25, 0.3) is 14.2 Å². The van der Waals surface area contributed by atoms with E-state index in [4.69, 9.17) is 10.7 Å². The standard InChI is InChI=1S/C11H10ClF2N3O2S/c1-6(2)17-10(15-16-11(17)20(12,18)19)8-5-7(13)3-4-9(8)14/h3-6H,1-2H3. The van der Waals surface area contributed by atoms with Crippen molar-refractivity contribution in [2.75, 3.05) is 0 Å². The number of rotatable bonds is 3. The Bertz CT molecular complexity index is 759. The van der Waals surface area contributed by atoms with Gasteiger partial charge in [0.2, 0.25) is 0 Å². The Morgan fingerprint density at radius 3 is 2.45 bits per heavy atom. The molecule has 0 radical (unpaired) electrons. The van der Waals surface area contributed by atoms with Gasteiger partial charge in [0.1, 0.15) is 11.6 Å². The molecule has 0 N–H and O–H groups in total. The maximum atomic E-state index is 13.8. The predicted molar refractivity (Wildman–Crippen MR) is 68.8 cm³/mol. The second-order valence-electron chi connectivity index (χ2n) is 4.33. The van der Waals surface area contributed by atoms with E-state index >= 15 is 0 Å². The van der Waals surface area contributed by atoms with Gasteiger partial charge < -0.3 is 0 Å². The van der Waals surface area contributed by atoms with E-state index in [1.54, 1.807) is 13.8 Å². The topological polar surface area (TPSA) is 64.8 Å². The summed E-state index contributed by atoms with van der Waals surface area (Å²) in [6, 6.07) is 2.39. The molecule has 9 heteroatoms. The summed E-state index contributed by atoms with van der Waals surface area (Å²) in [4.78, 5) is 0. The summed E-state index contributed by atoms with van der Waals surface area (Å²) in [6.45, 7) is 3.30. The van der Waals surface area contributed by atoms with Gasteiger partial charge in [-0.25, -0.2) is 17.2 Å². The van der Waals surface area contributed by atoms with E-state index in [-0.39, 0.29) is 11.4 Å². The van der Waals surface area contributed by atoms with E-state index in [9.17, 15) is 17.2 Å². The average Bonchev–Trinajstić information content (AvgIpc) is 2.76. The first-order valence-electron chi connectivity index (χ1n) is 5.57. The van der Waals surface area contributed by atoms with Crippen LogP contribution in [-0.2, 0) is 9.05 Å². The van der Waals surface area contributed by atoms with Crippen molar-refractivity contribution in [2.45, 2.75) is 25.0 Å². The van der Waals surface area contributed by atoms with Crippen LogP contribution >= 0.6 is 10.7 Å². The Morgan fingerprint density at radius 1 is 1.25 bits per heavy atom. The Balaban J connectivity index is 2.76. The van der Waals surface area contributed by atoms with Crippen LogP contribution in [-0.4, -0.2) is 23.2 Å². The van der Waals surface area contributed by atoms with Crippen molar-refractivity contribution >= 4 is 19.7 Å². The molecule has 0 fully saturated rings. The number of aromatic nitrogens is 3. The third-order valence-electron chi connectivity index (χ3n) is 2.57. The molecule has 0 atom stereocenters. The van der Waals surface area contributed by atoms with Gasteiger partial charge in [0.15, 0.2) is 5.82 Å². The Hall–Kier alpha value is -1.54. The lowest BCUT2D eigenvalue weighted by atomic mass is 10.2. The molecule has 5 nitrogen and oxygen atoms in total. The van der Waals surface area contributed by atoms with Gasteiger partial charge in [-0.15, -0.1) is 10.2 Å². The number of benzene rings is 1. The minimum Gasteiger partial charge on any atom is -0.294 e. The largest absolute Gasteiger partial charge is 0.296 e. The normalized spacial score (nSPS) is 12.1. The molecule has 0 aliphatic rings. The van der Waals surface area contributed by atoms with Crippen LogP contribution in [0.15, 0.2) is 23.4 Å². The number of nitrogens with zero attached hydrogens (tertiary/aromatic N) is 3. The zero-order valence-electron chi connectivity index (χ0n) is 10.5. The lowest BCUT2D eigenvalue weighted by Gasteiger charge is -2.12. The smallest absolute Gasteiger partial charge is 0.294 e. The third-order valence-corrected chi connectivity index (χ3v) is 3.70. The van der Waals surface area contributed by atoms with E-state index in [1.165, 1.54) is 0 Å². The van der Waals surface area contributed by atoms with E-state index in [1.807, 2.05) is 0 Å². The number of hydrogen-bond acceptors (Lipinski definition) is 4. The maximum absolute atomic E-state index is 13.8. The highest BCUT2D eigenvalue weighted by Gasteiger charge is 2.26. The summed E-state index contributed by atoms with van der Waals surface area (Å²) < 4.78 is 51.0. The monoisotopic (exact) mass is 321 g/mol. The van der Waals surface area contributed by atoms with Crippen LogP contribution < -0.4 is 0 Å². The summed E-state index contributed by atoms with van der Waals surface area (Å²) in [5, 5.41) is 6.57. The highest BCUT2D eigenvalue weighted by Crippen LogP contribution is 2.28. The van der Waals surface area contributed by atoms with Gasteiger partial charge in [0, 0.05) is 16.7 Å². The summed E-state index contributed by atoms with van der Waals surface area (Å²) in [5.74, 6) is -1.51.